The van der Waals surface area contributed by atoms with Gasteiger partial charge in [-0.2, -0.15) is 0 Å². The molecule has 0 atom stereocenters. The lowest BCUT2D eigenvalue weighted by Gasteiger charge is -2.32. The number of fused-ring (bicyclic) bond motifs is 1. The van der Waals surface area contributed by atoms with Crippen LogP contribution in [0.1, 0.15) is 34.5 Å². The third kappa shape index (κ3) is 3.83. The van der Waals surface area contributed by atoms with Crippen molar-refractivity contribution in [3.63, 3.8) is 0 Å². The van der Waals surface area contributed by atoms with Gasteiger partial charge in [0.05, 0.1) is 19.3 Å². The van der Waals surface area contributed by atoms with E-state index in [0.717, 1.165) is 48.7 Å². The lowest BCUT2D eigenvalue weighted by atomic mass is 10.0. The van der Waals surface area contributed by atoms with Crippen LogP contribution in [0.15, 0.2) is 48.7 Å². The summed E-state index contributed by atoms with van der Waals surface area (Å²) in [4.78, 5) is 31.6. The van der Waals surface area contributed by atoms with Gasteiger partial charge in [-0.3, -0.25) is 9.78 Å². The zero-order valence-corrected chi connectivity index (χ0v) is 17.6. The van der Waals surface area contributed by atoms with E-state index in [1.54, 1.807) is 19.4 Å². The standard InChI is InChI=1S/C24H25N5O2/c1-31-18-8-6-7-17(15-18)24(30)29-14-10-20-19(16-29)23(28-12-4-5-13-28)27-22(26-20)21-9-2-3-11-25-21/h2-3,6-9,11,15H,4-5,10,12-14,16H2,1H3. The van der Waals surface area contributed by atoms with Crippen molar-refractivity contribution < 1.29 is 9.53 Å². The molecule has 0 N–H and O–H groups in total. The normalized spacial score (nSPS) is 15.6. The van der Waals surface area contributed by atoms with E-state index in [0.29, 0.717) is 36.6 Å². The highest BCUT2D eigenvalue weighted by atomic mass is 16.5. The monoisotopic (exact) mass is 415 g/mol. The molecule has 1 aromatic carbocycles. The van der Waals surface area contributed by atoms with Gasteiger partial charge in [0.1, 0.15) is 17.3 Å². The van der Waals surface area contributed by atoms with Gasteiger partial charge in [-0.25, -0.2) is 9.97 Å². The van der Waals surface area contributed by atoms with Gasteiger partial charge in [0.25, 0.3) is 5.91 Å². The average Bonchev–Trinajstić information content (AvgIpc) is 3.38. The first kappa shape index (κ1) is 19.5. The molecule has 2 aliphatic heterocycles. The Bertz CT molecular complexity index is 1100. The number of anilines is 1. The van der Waals surface area contributed by atoms with E-state index in [1.807, 2.05) is 41.3 Å². The summed E-state index contributed by atoms with van der Waals surface area (Å²) >= 11 is 0. The molecule has 4 heterocycles. The first-order chi connectivity index (χ1) is 15.2. The number of pyridine rings is 1. The van der Waals surface area contributed by atoms with Crippen molar-refractivity contribution in [3.8, 4) is 17.3 Å². The van der Waals surface area contributed by atoms with Gasteiger partial charge >= 0.3 is 0 Å². The van der Waals surface area contributed by atoms with Crippen LogP contribution < -0.4 is 9.64 Å². The Hall–Kier alpha value is -3.48. The van der Waals surface area contributed by atoms with E-state index in [1.165, 1.54) is 0 Å². The van der Waals surface area contributed by atoms with Crippen LogP contribution in [0.25, 0.3) is 11.5 Å². The van der Waals surface area contributed by atoms with Crippen molar-refractivity contribution in [2.24, 2.45) is 0 Å². The Morgan fingerprint density at radius 2 is 1.90 bits per heavy atom. The number of nitrogens with zero attached hydrogens (tertiary/aromatic N) is 5. The molecule has 0 aliphatic carbocycles. The quantitative estimate of drug-likeness (QED) is 0.651. The Kier molecular flexibility index (Phi) is 5.24. The second kappa shape index (κ2) is 8.34. The molecule has 1 amide bonds. The van der Waals surface area contributed by atoms with Gasteiger partial charge < -0.3 is 14.5 Å². The summed E-state index contributed by atoms with van der Waals surface area (Å²) in [5.74, 6) is 2.30. The Morgan fingerprint density at radius 1 is 1.03 bits per heavy atom. The van der Waals surface area contributed by atoms with Crippen molar-refractivity contribution in [2.75, 3.05) is 31.6 Å². The zero-order valence-electron chi connectivity index (χ0n) is 17.6. The minimum atomic E-state index is 0.00530. The van der Waals surface area contributed by atoms with Gasteiger partial charge in [-0.05, 0) is 43.2 Å². The minimum absolute atomic E-state index is 0.00530. The zero-order chi connectivity index (χ0) is 21.2. The van der Waals surface area contributed by atoms with Gasteiger partial charge in [-0.15, -0.1) is 0 Å². The molecule has 0 unspecified atom stereocenters. The third-order valence-electron chi connectivity index (χ3n) is 5.94. The maximum Gasteiger partial charge on any atom is 0.254 e. The Morgan fingerprint density at radius 3 is 2.68 bits per heavy atom. The molecule has 2 aliphatic rings. The summed E-state index contributed by atoms with van der Waals surface area (Å²) in [5, 5.41) is 0. The van der Waals surface area contributed by atoms with Crippen molar-refractivity contribution in [1.29, 1.82) is 0 Å². The minimum Gasteiger partial charge on any atom is -0.497 e. The number of amides is 1. The van der Waals surface area contributed by atoms with Gasteiger partial charge in [0.15, 0.2) is 5.82 Å². The smallest absolute Gasteiger partial charge is 0.254 e. The summed E-state index contributed by atoms with van der Waals surface area (Å²) < 4.78 is 5.29. The van der Waals surface area contributed by atoms with Crippen LogP contribution in [-0.4, -0.2) is 52.5 Å². The fraction of sp³-hybridized carbons (Fsp3) is 0.333. The fourth-order valence-electron chi connectivity index (χ4n) is 4.31. The molecule has 3 aromatic rings. The average molecular weight is 415 g/mol. The van der Waals surface area contributed by atoms with E-state index in [-0.39, 0.29) is 5.91 Å². The lowest BCUT2D eigenvalue weighted by Crippen LogP contribution is -2.38. The topological polar surface area (TPSA) is 71.5 Å². The highest BCUT2D eigenvalue weighted by Crippen LogP contribution is 2.31. The maximum atomic E-state index is 13.2. The molecule has 1 fully saturated rings. The number of ether oxygens (including phenoxy) is 1. The van der Waals surface area contributed by atoms with Crippen LogP contribution in [-0.2, 0) is 13.0 Å². The molecular weight excluding hydrogens is 390 g/mol. The predicted octanol–water partition coefficient (Wildman–Crippen LogP) is 3.35. The Balaban J connectivity index is 1.50. The fourth-order valence-corrected chi connectivity index (χ4v) is 4.31. The molecule has 158 valence electrons. The van der Waals surface area contributed by atoms with Crippen molar-refractivity contribution in [2.45, 2.75) is 25.8 Å². The number of hydrogen-bond donors (Lipinski definition) is 0. The van der Waals surface area contributed by atoms with Crippen LogP contribution in [0.3, 0.4) is 0 Å². The molecule has 1 saturated heterocycles. The third-order valence-corrected chi connectivity index (χ3v) is 5.94. The molecule has 0 bridgehead atoms. The second-order valence-corrected chi connectivity index (χ2v) is 7.91. The van der Waals surface area contributed by atoms with Gasteiger partial charge in [-0.1, -0.05) is 12.1 Å². The first-order valence-electron chi connectivity index (χ1n) is 10.7. The van der Waals surface area contributed by atoms with E-state index < -0.39 is 0 Å². The number of carbonyl (C=O) groups is 1. The van der Waals surface area contributed by atoms with E-state index >= 15 is 0 Å². The number of methoxy groups -OCH3 is 1. The number of carbonyl (C=O) groups excluding carboxylic acids is 1. The van der Waals surface area contributed by atoms with Crippen LogP contribution in [0, 0.1) is 0 Å². The SMILES string of the molecule is COc1cccc(C(=O)N2CCc3nc(-c4ccccn4)nc(N4CCCC4)c3C2)c1. The molecule has 0 radical (unpaired) electrons. The van der Waals surface area contributed by atoms with Crippen molar-refractivity contribution in [3.05, 3.63) is 65.5 Å². The molecule has 5 rings (SSSR count). The lowest BCUT2D eigenvalue weighted by molar-refractivity contribution is 0.0733. The molecule has 31 heavy (non-hydrogen) atoms. The van der Waals surface area contributed by atoms with Gasteiger partial charge in [0.2, 0.25) is 0 Å². The molecule has 7 heteroatoms. The summed E-state index contributed by atoms with van der Waals surface area (Å²) in [6.45, 7) is 3.10. The predicted molar refractivity (Wildman–Crippen MR) is 118 cm³/mol. The number of benzene rings is 1. The summed E-state index contributed by atoms with van der Waals surface area (Å²) in [6.07, 6.45) is 4.78. The molecule has 0 saturated carbocycles. The molecule has 2 aromatic heterocycles. The van der Waals surface area contributed by atoms with Crippen molar-refractivity contribution >= 4 is 11.7 Å². The Labute approximate surface area is 181 Å². The van der Waals surface area contributed by atoms with E-state index in [2.05, 4.69) is 9.88 Å². The van der Waals surface area contributed by atoms with Gasteiger partial charge in [0, 0.05) is 43.4 Å². The number of hydrogen-bond acceptors (Lipinski definition) is 6. The van der Waals surface area contributed by atoms with Crippen LogP contribution in [0.2, 0.25) is 0 Å². The number of aromatic nitrogens is 3. The molecular formula is C24H25N5O2. The first-order valence-corrected chi connectivity index (χ1v) is 10.7. The van der Waals surface area contributed by atoms with E-state index in [4.69, 9.17) is 14.7 Å². The number of rotatable bonds is 4. The summed E-state index contributed by atoms with van der Waals surface area (Å²) in [5.41, 5.74) is 3.49. The second-order valence-electron chi connectivity index (χ2n) is 7.91. The maximum absolute atomic E-state index is 13.2. The molecule has 0 spiro atoms. The molecule has 7 nitrogen and oxygen atoms in total. The van der Waals surface area contributed by atoms with Crippen LogP contribution in [0.4, 0.5) is 5.82 Å². The summed E-state index contributed by atoms with van der Waals surface area (Å²) in [6, 6.07) is 13.1. The highest BCUT2D eigenvalue weighted by molar-refractivity contribution is 5.94. The van der Waals surface area contributed by atoms with Crippen LogP contribution in [0.5, 0.6) is 5.75 Å². The highest BCUT2D eigenvalue weighted by Gasteiger charge is 2.29. The van der Waals surface area contributed by atoms with Crippen LogP contribution >= 0.6 is 0 Å². The largest absolute Gasteiger partial charge is 0.497 e. The van der Waals surface area contributed by atoms with Crippen molar-refractivity contribution in [1.82, 2.24) is 19.9 Å². The van der Waals surface area contributed by atoms with E-state index in [9.17, 15) is 4.79 Å². The summed E-state index contributed by atoms with van der Waals surface area (Å²) in [7, 11) is 1.61.